The third-order valence-corrected chi connectivity index (χ3v) is 5.47. The van der Waals surface area contributed by atoms with E-state index in [4.69, 9.17) is 16.3 Å². The number of hydrogen-bond acceptors (Lipinski definition) is 1. The summed E-state index contributed by atoms with van der Waals surface area (Å²) in [6.45, 7) is 0.929. The molecule has 1 aliphatic carbocycles. The Hall–Kier alpha value is -1.05. The van der Waals surface area contributed by atoms with Gasteiger partial charge in [0.1, 0.15) is 0 Å². The predicted molar refractivity (Wildman–Crippen MR) is 88.2 cm³/mol. The van der Waals surface area contributed by atoms with Crippen molar-refractivity contribution in [2.45, 2.75) is 50.0 Å². The van der Waals surface area contributed by atoms with Gasteiger partial charge in [-0.05, 0) is 66.0 Å². The lowest BCUT2D eigenvalue weighted by Crippen LogP contribution is -2.06. The maximum absolute atomic E-state index is 6.73. The average Bonchev–Trinajstić information content (AvgIpc) is 3.16. The smallest absolute Gasteiger partial charge is 0.0592 e. The summed E-state index contributed by atoms with van der Waals surface area (Å²) < 4.78 is 5.72. The summed E-state index contributed by atoms with van der Waals surface area (Å²) in [7, 11) is 0. The Labute approximate surface area is 131 Å². The number of benzene rings is 2. The lowest BCUT2D eigenvalue weighted by atomic mass is 9.95. The molecule has 1 aliphatic heterocycles. The third kappa shape index (κ3) is 2.47. The second kappa shape index (κ2) is 5.62. The van der Waals surface area contributed by atoms with E-state index in [1.807, 2.05) is 0 Å². The van der Waals surface area contributed by atoms with E-state index in [9.17, 15) is 0 Å². The Kier molecular flexibility index (Phi) is 3.64. The highest BCUT2D eigenvalue weighted by molar-refractivity contribution is 6.22. The Morgan fingerprint density at radius 1 is 1.14 bits per heavy atom. The molecule has 0 saturated carbocycles. The molecular weight excluding hydrogens is 280 g/mol. The van der Waals surface area contributed by atoms with Crippen LogP contribution in [-0.2, 0) is 17.6 Å². The molecule has 1 heterocycles. The molecule has 2 aromatic carbocycles. The minimum Gasteiger partial charge on any atom is -0.378 e. The molecule has 110 valence electrons. The summed E-state index contributed by atoms with van der Waals surface area (Å²) >= 11 is 6.73. The van der Waals surface area contributed by atoms with Crippen molar-refractivity contribution >= 4 is 22.4 Å². The molecule has 1 nitrogen and oxygen atoms in total. The molecule has 2 aromatic rings. The van der Waals surface area contributed by atoms with Crippen LogP contribution in [-0.4, -0.2) is 12.7 Å². The fourth-order valence-corrected chi connectivity index (χ4v) is 4.22. The van der Waals surface area contributed by atoms with Gasteiger partial charge in [0.15, 0.2) is 0 Å². The fraction of sp³-hybridized carbons (Fsp3) is 0.474. The van der Waals surface area contributed by atoms with E-state index in [1.54, 1.807) is 0 Å². The lowest BCUT2D eigenvalue weighted by molar-refractivity contribution is 0.102. The van der Waals surface area contributed by atoms with Gasteiger partial charge in [0.2, 0.25) is 0 Å². The van der Waals surface area contributed by atoms with Crippen LogP contribution in [0.5, 0.6) is 0 Å². The highest BCUT2D eigenvalue weighted by Gasteiger charge is 2.21. The minimum atomic E-state index is 0.0964. The molecule has 1 saturated heterocycles. The molecule has 4 rings (SSSR count). The molecule has 0 spiro atoms. The largest absolute Gasteiger partial charge is 0.378 e. The highest BCUT2D eigenvalue weighted by Crippen LogP contribution is 2.38. The molecule has 0 aromatic heterocycles. The number of aryl methyl sites for hydroxylation is 2. The van der Waals surface area contributed by atoms with Crippen molar-refractivity contribution in [1.82, 2.24) is 0 Å². The van der Waals surface area contributed by atoms with Crippen LogP contribution in [0.3, 0.4) is 0 Å². The van der Waals surface area contributed by atoms with Crippen LogP contribution in [0, 0.1) is 0 Å². The van der Waals surface area contributed by atoms with E-state index >= 15 is 0 Å². The summed E-state index contributed by atoms with van der Waals surface area (Å²) in [4.78, 5) is 0. The number of hydrogen-bond donors (Lipinski definition) is 0. The van der Waals surface area contributed by atoms with E-state index < -0.39 is 0 Å². The van der Waals surface area contributed by atoms with Crippen LogP contribution in [0.2, 0.25) is 0 Å². The second-order valence-electron chi connectivity index (χ2n) is 6.33. The quantitative estimate of drug-likeness (QED) is 0.707. The van der Waals surface area contributed by atoms with Crippen molar-refractivity contribution in [1.29, 1.82) is 0 Å². The van der Waals surface area contributed by atoms with Gasteiger partial charge >= 0.3 is 0 Å². The highest BCUT2D eigenvalue weighted by atomic mass is 35.5. The normalized spacial score (nSPS) is 22.0. The average molecular weight is 301 g/mol. The number of halogens is 1. The van der Waals surface area contributed by atoms with Crippen molar-refractivity contribution < 1.29 is 4.74 Å². The molecule has 0 radical (unpaired) electrons. The fourth-order valence-electron chi connectivity index (χ4n) is 3.90. The molecule has 0 bridgehead atoms. The van der Waals surface area contributed by atoms with Crippen LogP contribution in [0.25, 0.3) is 10.8 Å². The molecule has 1 fully saturated rings. The standard InChI is InChI=1S/C19H21ClO/c20-18(11-9-15-4-2-12-21-15)16-10-8-14-7-6-13-3-1-5-17(16)19(13)14/h1,3,5,8,10,15,18H,2,4,6-7,9,11-12H2. The van der Waals surface area contributed by atoms with E-state index in [-0.39, 0.29) is 5.38 Å². The molecule has 2 aliphatic rings. The van der Waals surface area contributed by atoms with Gasteiger partial charge in [-0.15, -0.1) is 11.6 Å². The lowest BCUT2D eigenvalue weighted by Gasteiger charge is -2.16. The van der Waals surface area contributed by atoms with Crippen molar-refractivity contribution in [2.24, 2.45) is 0 Å². The number of ether oxygens (including phenoxy) is 1. The zero-order valence-electron chi connectivity index (χ0n) is 12.3. The summed E-state index contributed by atoms with van der Waals surface area (Å²) in [5, 5.41) is 2.94. The maximum atomic E-state index is 6.73. The van der Waals surface area contributed by atoms with Crippen LogP contribution in [0.15, 0.2) is 30.3 Å². The predicted octanol–water partition coefficient (Wildman–Crippen LogP) is 5.18. The summed E-state index contributed by atoms with van der Waals surface area (Å²) in [6, 6.07) is 11.2. The summed E-state index contributed by atoms with van der Waals surface area (Å²) in [5.74, 6) is 0. The Balaban J connectivity index is 1.61. The van der Waals surface area contributed by atoms with Crippen molar-refractivity contribution in [3.05, 3.63) is 47.0 Å². The number of rotatable bonds is 4. The van der Waals surface area contributed by atoms with Gasteiger partial charge in [-0.3, -0.25) is 0 Å². The van der Waals surface area contributed by atoms with Crippen molar-refractivity contribution in [2.75, 3.05) is 6.61 Å². The van der Waals surface area contributed by atoms with Crippen LogP contribution < -0.4 is 0 Å². The maximum Gasteiger partial charge on any atom is 0.0592 e. The van der Waals surface area contributed by atoms with E-state index in [0.29, 0.717) is 6.10 Å². The first-order chi connectivity index (χ1) is 10.3. The van der Waals surface area contributed by atoms with Crippen molar-refractivity contribution in [3.8, 4) is 0 Å². The van der Waals surface area contributed by atoms with E-state index in [0.717, 1.165) is 19.4 Å². The zero-order valence-corrected chi connectivity index (χ0v) is 13.0. The second-order valence-corrected chi connectivity index (χ2v) is 6.86. The van der Waals surface area contributed by atoms with Gasteiger partial charge in [0.25, 0.3) is 0 Å². The number of alkyl halides is 1. The molecule has 0 amide bonds. The van der Waals surface area contributed by atoms with E-state index in [2.05, 4.69) is 30.3 Å². The van der Waals surface area contributed by atoms with Gasteiger partial charge in [-0.1, -0.05) is 30.3 Å². The Morgan fingerprint density at radius 3 is 2.81 bits per heavy atom. The van der Waals surface area contributed by atoms with Gasteiger partial charge in [-0.2, -0.15) is 0 Å². The molecule has 2 heteroatoms. The van der Waals surface area contributed by atoms with Gasteiger partial charge < -0.3 is 4.74 Å². The summed E-state index contributed by atoms with van der Waals surface area (Å²) in [6.07, 6.45) is 7.29. The van der Waals surface area contributed by atoms with Crippen molar-refractivity contribution in [3.63, 3.8) is 0 Å². The van der Waals surface area contributed by atoms with E-state index in [1.165, 1.54) is 53.1 Å². The Bertz CT molecular complexity index is 648. The van der Waals surface area contributed by atoms with Gasteiger partial charge in [0, 0.05) is 6.61 Å². The molecular formula is C19H21ClO. The first-order valence-electron chi connectivity index (χ1n) is 8.12. The minimum absolute atomic E-state index is 0.0964. The van der Waals surface area contributed by atoms with Gasteiger partial charge in [-0.25, -0.2) is 0 Å². The first-order valence-corrected chi connectivity index (χ1v) is 8.55. The van der Waals surface area contributed by atoms with Crippen LogP contribution in [0.1, 0.15) is 47.8 Å². The molecule has 0 N–H and O–H groups in total. The topological polar surface area (TPSA) is 9.23 Å². The molecule has 21 heavy (non-hydrogen) atoms. The molecule has 2 atom stereocenters. The van der Waals surface area contributed by atoms with Crippen LogP contribution in [0.4, 0.5) is 0 Å². The zero-order chi connectivity index (χ0) is 14.2. The SMILES string of the molecule is ClC(CCC1CCCO1)c1ccc2c3c(cccc13)CC2. The third-order valence-electron chi connectivity index (χ3n) is 5.01. The summed E-state index contributed by atoms with van der Waals surface area (Å²) in [5.41, 5.74) is 4.29. The monoisotopic (exact) mass is 300 g/mol. The van der Waals surface area contributed by atoms with Crippen LogP contribution >= 0.6 is 11.6 Å². The Morgan fingerprint density at radius 2 is 2.00 bits per heavy atom. The van der Waals surface area contributed by atoms with Gasteiger partial charge in [0.05, 0.1) is 11.5 Å². The molecule has 2 unspecified atom stereocenters. The first kappa shape index (κ1) is 13.6.